The van der Waals surface area contributed by atoms with E-state index in [2.05, 4.69) is 30.0 Å². The van der Waals surface area contributed by atoms with E-state index in [0.717, 1.165) is 11.7 Å². The molecule has 2 unspecified atom stereocenters. The summed E-state index contributed by atoms with van der Waals surface area (Å²) in [7, 11) is 2.08. The lowest BCUT2D eigenvalue weighted by Crippen LogP contribution is -2.37. The fourth-order valence-electron chi connectivity index (χ4n) is 2.02. The lowest BCUT2D eigenvalue weighted by molar-refractivity contribution is 0.461. The zero-order valence-corrected chi connectivity index (χ0v) is 9.91. The molecule has 14 heavy (non-hydrogen) atoms. The predicted molar refractivity (Wildman–Crippen MR) is 65.6 cm³/mol. The van der Waals surface area contributed by atoms with E-state index in [1.807, 2.05) is 0 Å². The van der Waals surface area contributed by atoms with Crippen molar-refractivity contribution in [2.45, 2.75) is 49.8 Å². The third-order valence-electron chi connectivity index (χ3n) is 2.87. The van der Waals surface area contributed by atoms with E-state index in [4.69, 9.17) is 6.42 Å². The Morgan fingerprint density at radius 2 is 2.43 bits per heavy atom. The van der Waals surface area contributed by atoms with Crippen LogP contribution in [-0.2, 0) is 0 Å². The van der Waals surface area contributed by atoms with Crippen molar-refractivity contribution in [3.05, 3.63) is 0 Å². The molecule has 1 N–H and O–H groups in total. The number of unbranched alkanes of at least 4 members (excludes halogenated alkanes) is 1. The molecule has 0 spiro atoms. The van der Waals surface area contributed by atoms with Gasteiger partial charge in [0.1, 0.15) is 0 Å². The van der Waals surface area contributed by atoms with Crippen LogP contribution >= 0.6 is 11.8 Å². The van der Waals surface area contributed by atoms with Crippen LogP contribution in [0.4, 0.5) is 0 Å². The van der Waals surface area contributed by atoms with Crippen LogP contribution in [0.2, 0.25) is 0 Å². The Balaban J connectivity index is 2.25. The molecule has 0 radical (unpaired) electrons. The van der Waals surface area contributed by atoms with E-state index in [1.54, 1.807) is 0 Å². The Morgan fingerprint density at radius 3 is 3.00 bits per heavy atom. The average Bonchev–Trinajstić information content (AvgIpc) is 2.26. The van der Waals surface area contributed by atoms with Gasteiger partial charge in [0, 0.05) is 17.7 Å². The number of rotatable bonds is 5. The second-order valence-electron chi connectivity index (χ2n) is 3.90. The summed E-state index contributed by atoms with van der Waals surface area (Å²) in [5.74, 6) is 4.06. The first-order valence-corrected chi connectivity index (χ1v) is 6.65. The molecule has 0 aliphatic carbocycles. The first-order valence-electron chi connectivity index (χ1n) is 5.61. The highest BCUT2D eigenvalue weighted by Gasteiger charge is 2.22. The van der Waals surface area contributed by atoms with Crippen molar-refractivity contribution in [2.75, 3.05) is 12.8 Å². The summed E-state index contributed by atoms with van der Waals surface area (Å²) in [5, 5.41) is 4.27. The van der Waals surface area contributed by atoms with Crippen LogP contribution in [0.3, 0.4) is 0 Å². The standard InChI is InChI=1S/C12H21NS/c1-3-4-5-8-11(13-2)12-9-6-7-10-14-12/h1,11-13H,4-10H2,2H3. The molecule has 1 aliphatic rings. The molecule has 0 bridgehead atoms. The number of hydrogen-bond donors (Lipinski definition) is 1. The van der Waals surface area contributed by atoms with Gasteiger partial charge in [-0.2, -0.15) is 11.8 Å². The third-order valence-corrected chi connectivity index (χ3v) is 4.39. The molecule has 0 aromatic carbocycles. The van der Waals surface area contributed by atoms with Gasteiger partial charge in [-0.15, -0.1) is 12.3 Å². The average molecular weight is 211 g/mol. The van der Waals surface area contributed by atoms with E-state index in [1.165, 1.54) is 37.9 Å². The van der Waals surface area contributed by atoms with Crippen LogP contribution in [0.25, 0.3) is 0 Å². The van der Waals surface area contributed by atoms with Crippen molar-refractivity contribution in [2.24, 2.45) is 0 Å². The van der Waals surface area contributed by atoms with Crippen LogP contribution in [0.1, 0.15) is 38.5 Å². The van der Waals surface area contributed by atoms with Gasteiger partial charge in [-0.1, -0.05) is 6.42 Å². The summed E-state index contributed by atoms with van der Waals surface area (Å²) in [4.78, 5) is 0. The van der Waals surface area contributed by atoms with Gasteiger partial charge in [0.05, 0.1) is 0 Å². The third kappa shape index (κ3) is 3.94. The Morgan fingerprint density at radius 1 is 1.57 bits per heavy atom. The number of hydrogen-bond acceptors (Lipinski definition) is 2. The lowest BCUT2D eigenvalue weighted by atomic mass is 10.0. The highest BCUT2D eigenvalue weighted by molar-refractivity contribution is 8.00. The van der Waals surface area contributed by atoms with Gasteiger partial charge in [-0.05, 0) is 38.5 Å². The van der Waals surface area contributed by atoms with Crippen molar-refractivity contribution in [1.82, 2.24) is 5.32 Å². The van der Waals surface area contributed by atoms with Crippen molar-refractivity contribution < 1.29 is 0 Å². The maximum absolute atomic E-state index is 5.26. The van der Waals surface area contributed by atoms with Crippen LogP contribution < -0.4 is 5.32 Å². The first-order chi connectivity index (χ1) is 6.88. The van der Waals surface area contributed by atoms with Crippen molar-refractivity contribution in [3.8, 4) is 12.3 Å². The number of terminal acetylenes is 1. The second kappa shape index (κ2) is 7.20. The molecule has 2 atom stereocenters. The SMILES string of the molecule is C#CCCCC(NC)C1CCCCS1. The molecule has 0 aromatic rings. The van der Waals surface area contributed by atoms with E-state index in [0.29, 0.717) is 6.04 Å². The number of nitrogens with one attached hydrogen (secondary N) is 1. The van der Waals surface area contributed by atoms with Crippen LogP contribution in [0.5, 0.6) is 0 Å². The molecule has 0 saturated carbocycles. The monoisotopic (exact) mass is 211 g/mol. The number of thioether (sulfide) groups is 1. The summed E-state index contributed by atoms with van der Waals surface area (Å²) in [6.07, 6.45) is 12.8. The van der Waals surface area contributed by atoms with Gasteiger partial charge in [0.25, 0.3) is 0 Å². The fraction of sp³-hybridized carbons (Fsp3) is 0.833. The smallest absolute Gasteiger partial charge is 0.0201 e. The molecular weight excluding hydrogens is 190 g/mol. The van der Waals surface area contributed by atoms with Crippen LogP contribution in [0, 0.1) is 12.3 Å². The van der Waals surface area contributed by atoms with Crippen LogP contribution in [0.15, 0.2) is 0 Å². The first kappa shape index (κ1) is 11.9. The van der Waals surface area contributed by atoms with Crippen molar-refractivity contribution in [1.29, 1.82) is 0 Å². The minimum absolute atomic E-state index is 0.675. The zero-order valence-electron chi connectivity index (χ0n) is 9.09. The van der Waals surface area contributed by atoms with Crippen LogP contribution in [-0.4, -0.2) is 24.1 Å². The van der Waals surface area contributed by atoms with Gasteiger partial charge < -0.3 is 5.32 Å². The summed E-state index contributed by atoms with van der Waals surface area (Å²) < 4.78 is 0. The second-order valence-corrected chi connectivity index (χ2v) is 5.24. The summed E-state index contributed by atoms with van der Waals surface area (Å²) in [5.41, 5.74) is 0. The molecule has 1 heterocycles. The lowest BCUT2D eigenvalue weighted by Gasteiger charge is -2.29. The summed E-state index contributed by atoms with van der Waals surface area (Å²) in [6, 6.07) is 0.675. The fourth-order valence-corrected chi connectivity index (χ4v) is 3.53. The molecule has 2 heteroatoms. The highest BCUT2D eigenvalue weighted by atomic mass is 32.2. The Hall–Kier alpha value is -0.130. The van der Waals surface area contributed by atoms with E-state index in [-0.39, 0.29) is 0 Å². The van der Waals surface area contributed by atoms with Gasteiger partial charge >= 0.3 is 0 Å². The molecule has 0 aromatic heterocycles. The minimum Gasteiger partial charge on any atom is -0.316 e. The topological polar surface area (TPSA) is 12.0 Å². The van der Waals surface area contributed by atoms with Crippen molar-refractivity contribution in [3.63, 3.8) is 0 Å². The molecule has 1 fully saturated rings. The maximum atomic E-state index is 5.26. The minimum atomic E-state index is 0.675. The zero-order chi connectivity index (χ0) is 10.2. The highest BCUT2D eigenvalue weighted by Crippen LogP contribution is 2.29. The molecular formula is C12H21NS. The molecule has 0 amide bonds. The molecule has 1 saturated heterocycles. The van der Waals surface area contributed by atoms with Gasteiger partial charge in [0.2, 0.25) is 0 Å². The Kier molecular flexibility index (Phi) is 6.14. The molecule has 1 nitrogen and oxygen atoms in total. The Labute approximate surface area is 92.4 Å². The summed E-state index contributed by atoms with van der Waals surface area (Å²) >= 11 is 2.14. The normalized spacial score (nSPS) is 24.1. The summed E-state index contributed by atoms with van der Waals surface area (Å²) in [6.45, 7) is 0. The quantitative estimate of drug-likeness (QED) is 0.554. The van der Waals surface area contributed by atoms with E-state index in [9.17, 15) is 0 Å². The largest absolute Gasteiger partial charge is 0.316 e. The van der Waals surface area contributed by atoms with E-state index >= 15 is 0 Å². The van der Waals surface area contributed by atoms with E-state index < -0.39 is 0 Å². The van der Waals surface area contributed by atoms with Gasteiger partial charge in [0.15, 0.2) is 0 Å². The molecule has 1 aliphatic heterocycles. The Bertz CT molecular complexity index is 179. The molecule has 80 valence electrons. The maximum Gasteiger partial charge on any atom is 0.0201 e. The predicted octanol–water partition coefficient (Wildman–Crippen LogP) is 2.66. The van der Waals surface area contributed by atoms with Gasteiger partial charge in [-0.25, -0.2) is 0 Å². The molecule has 1 rings (SSSR count). The van der Waals surface area contributed by atoms with Gasteiger partial charge in [-0.3, -0.25) is 0 Å². The van der Waals surface area contributed by atoms with Crippen molar-refractivity contribution >= 4 is 11.8 Å².